The van der Waals surface area contributed by atoms with Gasteiger partial charge in [-0.2, -0.15) is 0 Å². The second-order valence-electron chi connectivity index (χ2n) is 4.63. The van der Waals surface area contributed by atoms with Crippen molar-refractivity contribution in [2.45, 2.75) is 57.5 Å². The van der Waals surface area contributed by atoms with Gasteiger partial charge in [0.25, 0.3) is 0 Å². The molecule has 1 atom stereocenters. The molecule has 0 heterocycles. The van der Waals surface area contributed by atoms with E-state index < -0.39 is 12.1 Å². The van der Waals surface area contributed by atoms with Crippen LogP contribution in [0.15, 0.2) is 24.8 Å². The highest BCUT2D eigenvalue weighted by atomic mass is 16.4. The van der Waals surface area contributed by atoms with Gasteiger partial charge >= 0.3 is 5.97 Å². The molecule has 0 saturated heterocycles. The van der Waals surface area contributed by atoms with E-state index in [9.17, 15) is 4.79 Å². The number of carboxylic acid groups (broad SMARTS) is 1. The Morgan fingerprint density at radius 2 is 1.81 bits per heavy atom. The maximum atomic E-state index is 10.3. The van der Waals surface area contributed by atoms with Crippen LogP contribution < -0.4 is 0 Å². The van der Waals surface area contributed by atoms with E-state index in [0.29, 0.717) is 6.42 Å². The SMILES string of the molecule is C=CC(O)C#CC#CCC=CCCCCCCCC(=O)O. The third kappa shape index (κ3) is 16.0. The van der Waals surface area contributed by atoms with Gasteiger partial charge in [-0.15, -0.1) is 0 Å². The molecule has 114 valence electrons. The average Bonchev–Trinajstić information content (AvgIpc) is 2.46. The summed E-state index contributed by atoms with van der Waals surface area (Å²) >= 11 is 0. The lowest BCUT2D eigenvalue weighted by Crippen LogP contribution is -1.94. The van der Waals surface area contributed by atoms with Crippen LogP contribution >= 0.6 is 0 Å². The van der Waals surface area contributed by atoms with Crippen LogP contribution in [-0.4, -0.2) is 22.3 Å². The van der Waals surface area contributed by atoms with Crippen molar-refractivity contribution >= 4 is 5.97 Å². The van der Waals surface area contributed by atoms with Gasteiger partial charge in [-0.3, -0.25) is 4.79 Å². The van der Waals surface area contributed by atoms with Crippen LogP contribution in [0.25, 0.3) is 0 Å². The van der Waals surface area contributed by atoms with Crippen LogP contribution in [-0.2, 0) is 4.79 Å². The summed E-state index contributed by atoms with van der Waals surface area (Å²) in [4.78, 5) is 10.3. The minimum atomic E-state index is -0.801. The third-order valence-electron chi connectivity index (χ3n) is 2.74. The number of aliphatic hydroxyl groups excluding tert-OH is 1. The molecular formula is C18H24O3. The summed E-state index contributed by atoms with van der Waals surface area (Å²) in [5, 5.41) is 17.5. The van der Waals surface area contributed by atoms with Crippen LogP contribution in [0.3, 0.4) is 0 Å². The summed E-state index contributed by atoms with van der Waals surface area (Å²) in [5.74, 6) is 9.94. The van der Waals surface area contributed by atoms with E-state index in [0.717, 1.165) is 38.5 Å². The fourth-order valence-corrected chi connectivity index (χ4v) is 1.59. The van der Waals surface area contributed by atoms with Gasteiger partial charge in [0.15, 0.2) is 0 Å². The van der Waals surface area contributed by atoms with Gasteiger partial charge in [0.1, 0.15) is 6.10 Å². The van der Waals surface area contributed by atoms with Crippen molar-refractivity contribution in [3.05, 3.63) is 24.8 Å². The van der Waals surface area contributed by atoms with Gasteiger partial charge in [-0.05, 0) is 31.1 Å². The van der Waals surface area contributed by atoms with E-state index >= 15 is 0 Å². The molecule has 21 heavy (non-hydrogen) atoms. The molecule has 3 nitrogen and oxygen atoms in total. The minimum absolute atomic E-state index is 0.283. The Morgan fingerprint density at radius 3 is 2.52 bits per heavy atom. The van der Waals surface area contributed by atoms with E-state index in [2.05, 4.69) is 36.3 Å². The lowest BCUT2D eigenvalue weighted by Gasteiger charge is -1.97. The predicted molar refractivity (Wildman–Crippen MR) is 85.5 cm³/mol. The fraction of sp³-hybridized carbons (Fsp3) is 0.500. The van der Waals surface area contributed by atoms with Gasteiger partial charge in [0.2, 0.25) is 0 Å². The van der Waals surface area contributed by atoms with Crippen LogP contribution in [0.1, 0.15) is 51.4 Å². The smallest absolute Gasteiger partial charge is 0.303 e. The molecule has 0 aromatic heterocycles. The van der Waals surface area contributed by atoms with Crippen molar-refractivity contribution in [2.75, 3.05) is 0 Å². The molecule has 0 bridgehead atoms. The van der Waals surface area contributed by atoms with Crippen LogP contribution in [0.4, 0.5) is 0 Å². The lowest BCUT2D eigenvalue weighted by atomic mass is 10.1. The van der Waals surface area contributed by atoms with Gasteiger partial charge in [-0.1, -0.05) is 55.9 Å². The van der Waals surface area contributed by atoms with Gasteiger partial charge < -0.3 is 10.2 Å². The highest BCUT2D eigenvalue weighted by Gasteiger charge is 1.95. The summed E-state index contributed by atoms with van der Waals surface area (Å²) in [6.45, 7) is 3.41. The Bertz CT molecular complexity index is 441. The molecule has 3 heteroatoms. The second-order valence-corrected chi connectivity index (χ2v) is 4.63. The van der Waals surface area contributed by atoms with Crippen molar-refractivity contribution in [3.8, 4) is 23.7 Å². The van der Waals surface area contributed by atoms with Crippen LogP contribution in [0.2, 0.25) is 0 Å². The predicted octanol–water partition coefficient (Wildman–Crippen LogP) is 3.30. The monoisotopic (exact) mass is 288 g/mol. The first-order valence-corrected chi connectivity index (χ1v) is 7.32. The number of rotatable bonds is 10. The molecule has 2 N–H and O–H groups in total. The minimum Gasteiger partial charge on any atom is -0.481 e. The first-order chi connectivity index (χ1) is 10.2. The molecule has 0 aliphatic carbocycles. The Morgan fingerprint density at radius 1 is 1.10 bits per heavy atom. The number of carbonyl (C=O) groups is 1. The lowest BCUT2D eigenvalue weighted by molar-refractivity contribution is -0.137. The van der Waals surface area contributed by atoms with Crippen molar-refractivity contribution in [3.63, 3.8) is 0 Å². The largest absolute Gasteiger partial charge is 0.481 e. The van der Waals surface area contributed by atoms with E-state index in [1.54, 1.807) is 0 Å². The summed E-state index contributed by atoms with van der Waals surface area (Å²) in [6.07, 6.45) is 11.8. The summed E-state index contributed by atoms with van der Waals surface area (Å²) < 4.78 is 0. The second kappa shape index (κ2) is 14.4. The maximum Gasteiger partial charge on any atom is 0.303 e. The summed E-state index contributed by atoms with van der Waals surface area (Å²) in [6, 6.07) is 0. The molecule has 0 rings (SSSR count). The summed E-state index contributed by atoms with van der Waals surface area (Å²) in [7, 11) is 0. The third-order valence-corrected chi connectivity index (χ3v) is 2.74. The number of unbranched alkanes of at least 4 members (excludes halogenated alkanes) is 5. The van der Waals surface area contributed by atoms with E-state index in [-0.39, 0.29) is 6.42 Å². The Hall–Kier alpha value is -1.97. The molecule has 0 aliphatic rings. The van der Waals surface area contributed by atoms with Crippen molar-refractivity contribution in [2.24, 2.45) is 0 Å². The zero-order valence-corrected chi connectivity index (χ0v) is 12.5. The molecule has 0 amide bonds. The number of carboxylic acids is 1. The number of hydrogen-bond donors (Lipinski definition) is 2. The number of hydrogen-bond acceptors (Lipinski definition) is 2. The molecule has 0 radical (unpaired) electrons. The molecule has 1 unspecified atom stereocenters. The molecule has 0 spiro atoms. The quantitative estimate of drug-likeness (QED) is 0.368. The zero-order valence-electron chi connectivity index (χ0n) is 12.5. The fourth-order valence-electron chi connectivity index (χ4n) is 1.59. The Kier molecular flexibility index (Phi) is 13.1. The van der Waals surface area contributed by atoms with Crippen molar-refractivity contribution in [1.82, 2.24) is 0 Å². The molecule has 0 saturated carbocycles. The van der Waals surface area contributed by atoms with Gasteiger partial charge in [0.05, 0.1) is 0 Å². The van der Waals surface area contributed by atoms with E-state index in [4.69, 9.17) is 10.2 Å². The van der Waals surface area contributed by atoms with E-state index in [1.807, 2.05) is 6.08 Å². The first kappa shape index (κ1) is 19.0. The number of aliphatic carboxylic acids is 1. The normalized spacial score (nSPS) is 11.1. The Labute approximate surface area is 127 Å². The maximum absolute atomic E-state index is 10.3. The van der Waals surface area contributed by atoms with Gasteiger partial charge in [-0.25, -0.2) is 0 Å². The Balaban J connectivity index is 3.44. The van der Waals surface area contributed by atoms with Crippen molar-refractivity contribution in [1.29, 1.82) is 0 Å². The first-order valence-electron chi connectivity index (χ1n) is 7.32. The summed E-state index contributed by atoms with van der Waals surface area (Å²) in [5.41, 5.74) is 0. The topological polar surface area (TPSA) is 57.5 Å². The van der Waals surface area contributed by atoms with Crippen molar-refractivity contribution < 1.29 is 15.0 Å². The van der Waals surface area contributed by atoms with Gasteiger partial charge in [0, 0.05) is 12.8 Å². The molecular weight excluding hydrogens is 264 g/mol. The van der Waals surface area contributed by atoms with Crippen LogP contribution in [0.5, 0.6) is 0 Å². The molecule has 0 fully saturated rings. The highest BCUT2D eigenvalue weighted by molar-refractivity contribution is 5.66. The highest BCUT2D eigenvalue weighted by Crippen LogP contribution is 2.07. The zero-order chi connectivity index (χ0) is 15.8. The van der Waals surface area contributed by atoms with E-state index in [1.165, 1.54) is 6.08 Å². The molecule has 0 aromatic carbocycles. The molecule has 0 aliphatic heterocycles. The number of allylic oxidation sites excluding steroid dienone is 2. The average molecular weight is 288 g/mol. The molecule has 0 aromatic rings. The van der Waals surface area contributed by atoms with Crippen LogP contribution in [0, 0.1) is 23.7 Å². The standard InChI is InChI=1S/C18H24O3/c1-2-17(19)15-13-11-9-7-5-3-4-6-8-10-12-14-16-18(20)21/h2-3,5,17,19H,1,4,6-8,10,12,14,16H2,(H,20,21). The number of aliphatic hydroxyl groups is 1.